The molecule has 1 heterocycles. The lowest BCUT2D eigenvalue weighted by Gasteiger charge is -2.14. The van der Waals surface area contributed by atoms with E-state index in [0.717, 1.165) is 41.2 Å². The molecule has 1 aromatic heterocycles. The molecule has 0 bridgehead atoms. The van der Waals surface area contributed by atoms with E-state index in [1.165, 1.54) is 6.92 Å². The van der Waals surface area contributed by atoms with Crippen molar-refractivity contribution in [2.75, 3.05) is 11.9 Å². The molecule has 12 heteroatoms. The number of thiophene rings is 1. The summed E-state index contributed by atoms with van der Waals surface area (Å²) >= 11 is 1.14. The highest BCUT2D eigenvalue weighted by Gasteiger charge is 2.27. The maximum atomic E-state index is 12.7. The van der Waals surface area contributed by atoms with Crippen LogP contribution < -0.4 is 5.32 Å². The summed E-state index contributed by atoms with van der Waals surface area (Å²) in [6.07, 6.45) is -1.31. The molecule has 3 aromatic rings. The number of sulfone groups is 1. The van der Waals surface area contributed by atoms with E-state index in [1.807, 2.05) is 30.3 Å². The molecule has 3 rings (SSSR count). The van der Waals surface area contributed by atoms with Crippen molar-refractivity contribution in [1.82, 2.24) is 0 Å². The monoisotopic (exact) mass is 537 g/mol. The zero-order valence-electron chi connectivity index (χ0n) is 19.1. The van der Waals surface area contributed by atoms with Gasteiger partial charge in [-0.3, -0.25) is 4.79 Å². The summed E-state index contributed by atoms with van der Waals surface area (Å²) in [5, 5.41) is 2.79. The second-order valence-corrected chi connectivity index (χ2v) is 10.3. The number of esters is 2. The van der Waals surface area contributed by atoms with Gasteiger partial charge < -0.3 is 14.8 Å². The fraction of sp³-hybridized carbons (Fsp3) is 0.208. The zero-order chi connectivity index (χ0) is 26.5. The lowest BCUT2D eigenvalue weighted by molar-refractivity contribution is -0.123. The molecule has 0 radical (unpaired) electrons. The van der Waals surface area contributed by atoms with E-state index < -0.39 is 44.4 Å². The first-order valence-corrected chi connectivity index (χ1v) is 12.9. The largest absolute Gasteiger partial charge is 0.462 e. The van der Waals surface area contributed by atoms with Crippen LogP contribution in [0.1, 0.15) is 34.6 Å². The van der Waals surface area contributed by atoms with E-state index in [1.54, 1.807) is 13.0 Å². The normalized spacial score (nSPS) is 12.1. The van der Waals surface area contributed by atoms with Crippen LogP contribution in [0.4, 0.5) is 13.8 Å². The number of hydrogen-bond donors (Lipinski definition) is 1. The highest BCUT2D eigenvalue weighted by molar-refractivity contribution is 7.91. The van der Waals surface area contributed by atoms with Crippen LogP contribution in [0.2, 0.25) is 0 Å². The predicted octanol–water partition coefficient (Wildman–Crippen LogP) is 4.77. The van der Waals surface area contributed by atoms with E-state index >= 15 is 0 Å². The molecule has 8 nitrogen and oxygen atoms in total. The number of amides is 1. The maximum Gasteiger partial charge on any atom is 0.341 e. The van der Waals surface area contributed by atoms with Gasteiger partial charge in [0.25, 0.3) is 5.91 Å². The summed E-state index contributed by atoms with van der Waals surface area (Å²) in [5.41, 5.74) is 0.825. The smallest absolute Gasteiger partial charge is 0.341 e. The van der Waals surface area contributed by atoms with Crippen LogP contribution in [0, 0.1) is 0 Å². The number of carbonyl (C=O) groups is 3. The number of benzene rings is 2. The number of alkyl halides is 2. The molecule has 1 amide bonds. The number of halogens is 2. The molecular weight excluding hydrogens is 516 g/mol. The van der Waals surface area contributed by atoms with Crippen LogP contribution in [-0.4, -0.2) is 44.7 Å². The maximum absolute atomic E-state index is 12.7. The van der Waals surface area contributed by atoms with Gasteiger partial charge in [-0.1, -0.05) is 30.3 Å². The highest BCUT2D eigenvalue weighted by Crippen LogP contribution is 2.36. The van der Waals surface area contributed by atoms with Crippen molar-refractivity contribution in [3.05, 3.63) is 71.8 Å². The van der Waals surface area contributed by atoms with E-state index in [4.69, 9.17) is 9.47 Å². The van der Waals surface area contributed by atoms with Crippen LogP contribution >= 0.6 is 11.3 Å². The molecule has 36 heavy (non-hydrogen) atoms. The third-order valence-electron chi connectivity index (χ3n) is 4.83. The Labute approximate surface area is 209 Å². The van der Waals surface area contributed by atoms with Crippen LogP contribution in [0.25, 0.3) is 10.4 Å². The Morgan fingerprint density at radius 2 is 1.64 bits per heavy atom. The lowest BCUT2D eigenvalue weighted by Crippen LogP contribution is -2.30. The number of carbonyl (C=O) groups excluding carboxylic acids is 3. The Morgan fingerprint density at radius 3 is 2.22 bits per heavy atom. The van der Waals surface area contributed by atoms with Gasteiger partial charge in [0.1, 0.15) is 5.00 Å². The second kappa shape index (κ2) is 11.4. The van der Waals surface area contributed by atoms with Crippen molar-refractivity contribution < 1.29 is 41.1 Å². The molecule has 1 atom stereocenters. The predicted molar refractivity (Wildman–Crippen MR) is 129 cm³/mol. The van der Waals surface area contributed by atoms with Gasteiger partial charge in [0.2, 0.25) is 9.84 Å². The molecule has 0 aliphatic heterocycles. The van der Waals surface area contributed by atoms with E-state index in [9.17, 15) is 31.6 Å². The molecule has 2 aromatic carbocycles. The number of hydrogen-bond acceptors (Lipinski definition) is 8. The second-order valence-electron chi connectivity index (χ2n) is 7.31. The van der Waals surface area contributed by atoms with Gasteiger partial charge in [0.05, 0.1) is 22.6 Å². The quantitative estimate of drug-likeness (QED) is 0.391. The number of anilines is 1. The third-order valence-corrected chi connectivity index (χ3v) is 7.33. The minimum Gasteiger partial charge on any atom is -0.462 e. The summed E-state index contributed by atoms with van der Waals surface area (Å²) in [6.45, 7) is 3.09. The molecule has 0 spiro atoms. The van der Waals surface area contributed by atoms with Crippen molar-refractivity contribution >= 4 is 44.0 Å². The first-order chi connectivity index (χ1) is 17.0. The minimum atomic E-state index is -4.81. The summed E-state index contributed by atoms with van der Waals surface area (Å²) in [7, 11) is -4.81. The number of nitrogens with one attached hydrogen (secondary N) is 1. The van der Waals surface area contributed by atoms with Crippen LogP contribution in [0.5, 0.6) is 0 Å². The van der Waals surface area contributed by atoms with Gasteiger partial charge >= 0.3 is 17.7 Å². The molecule has 190 valence electrons. The molecular formula is C24H21F2NO7S2. The molecule has 1 N–H and O–H groups in total. The summed E-state index contributed by atoms with van der Waals surface area (Å²) in [4.78, 5) is 37.6. The fourth-order valence-corrected chi connectivity index (χ4v) is 4.74. The SMILES string of the molecule is CCOC(=O)c1cc(-c2ccccc2)sc1NC(=O)C(C)OC(=O)c1ccc(S(=O)(=O)C(F)F)cc1. The Kier molecular flexibility index (Phi) is 8.53. The Balaban J connectivity index is 1.74. The van der Waals surface area contributed by atoms with Crippen LogP contribution in [0.15, 0.2) is 65.6 Å². The Bertz CT molecular complexity index is 1350. The first-order valence-electron chi connectivity index (χ1n) is 10.5. The van der Waals surface area contributed by atoms with Crippen molar-refractivity contribution in [2.24, 2.45) is 0 Å². The van der Waals surface area contributed by atoms with Gasteiger partial charge in [0, 0.05) is 4.88 Å². The summed E-state index contributed by atoms with van der Waals surface area (Å²) in [6, 6.07) is 14.5. The Morgan fingerprint density at radius 1 is 1.00 bits per heavy atom. The molecule has 0 saturated carbocycles. The van der Waals surface area contributed by atoms with Crippen molar-refractivity contribution in [2.45, 2.75) is 30.6 Å². The van der Waals surface area contributed by atoms with Crippen molar-refractivity contribution in [3.63, 3.8) is 0 Å². The lowest BCUT2D eigenvalue weighted by atomic mass is 10.1. The zero-order valence-corrected chi connectivity index (χ0v) is 20.7. The van der Waals surface area contributed by atoms with Gasteiger partial charge in [-0.05, 0) is 49.7 Å². The molecule has 1 unspecified atom stereocenters. The molecule has 0 aliphatic carbocycles. The average Bonchev–Trinajstić information content (AvgIpc) is 3.28. The fourth-order valence-electron chi connectivity index (χ4n) is 2.97. The molecule has 0 aliphatic rings. The average molecular weight is 538 g/mol. The highest BCUT2D eigenvalue weighted by atomic mass is 32.2. The van der Waals surface area contributed by atoms with Crippen molar-refractivity contribution in [1.29, 1.82) is 0 Å². The first kappa shape index (κ1) is 27.0. The Hall–Kier alpha value is -3.64. The van der Waals surface area contributed by atoms with Gasteiger partial charge in [0.15, 0.2) is 6.10 Å². The van der Waals surface area contributed by atoms with E-state index in [0.29, 0.717) is 4.88 Å². The number of ether oxygens (including phenoxy) is 2. The summed E-state index contributed by atoms with van der Waals surface area (Å²) in [5.74, 6) is -5.93. The molecule has 0 saturated heterocycles. The van der Waals surface area contributed by atoms with Crippen LogP contribution in [0.3, 0.4) is 0 Å². The molecule has 0 fully saturated rings. The third kappa shape index (κ3) is 6.13. The minimum absolute atomic E-state index is 0.133. The van der Waals surface area contributed by atoms with Gasteiger partial charge in [-0.25, -0.2) is 18.0 Å². The number of rotatable bonds is 9. The van der Waals surface area contributed by atoms with Crippen LogP contribution in [-0.2, 0) is 24.1 Å². The van der Waals surface area contributed by atoms with E-state index in [-0.39, 0.29) is 22.7 Å². The van der Waals surface area contributed by atoms with Gasteiger partial charge in [-0.15, -0.1) is 11.3 Å². The van der Waals surface area contributed by atoms with E-state index in [2.05, 4.69) is 5.32 Å². The standard InChI is InChI=1S/C24H21F2NO7S2/c1-3-33-23(30)18-13-19(15-7-5-4-6-8-15)35-21(18)27-20(28)14(2)34-22(29)16-9-11-17(12-10-16)36(31,32)24(25)26/h4-14,24H,3H2,1-2H3,(H,27,28). The van der Waals surface area contributed by atoms with Crippen molar-refractivity contribution in [3.8, 4) is 10.4 Å². The topological polar surface area (TPSA) is 116 Å². The van der Waals surface area contributed by atoms with Gasteiger partial charge in [-0.2, -0.15) is 8.78 Å². The summed E-state index contributed by atoms with van der Waals surface area (Å²) < 4.78 is 58.5.